The Balaban J connectivity index is 2.62. The first kappa shape index (κ1) is 14.5. The minimum absolute atomic E-state index is 0.0297. The molecule has 0 spiro atoms. The Morgan fingerprint density at radius 1 is 1.39 bits per heavy atom. The van der Waals surface area contributed by atoms with Gasteiger partial charge in [0.05, 0.1) is 0 Å². The number of rotatable bonds is 7. The Labute approximate surface area is 109 Å². The predicted molar refractivity (Wildman–Crippen MR) is 74.9 cm³/mol. The number of hydrogen-bond acceptors (Lipinski definition) is 3. The lowest BCUT2D eigenvalue weighted by molar-refractivity contribution is 0.0938. The summed E-state index contributed by atoms with van der Waals surface area (Å²) in [7, 11) is 0. The molecular weight excluding hydrogens is 226 g/mol. The van der Waals surface area contributed by atoms with Crippen molar-refractivity contribution >= 4 is 11.7 Å². The SMILES string of the molecule is CCCNc1cc(C(=O)NC(C)CCC)ccn1. The van der Waals surface area contributed by atoms with Crippen molar-refractivity contribution in [1.29, 1.82) is 0 Å². The molecule has 1 amide bonds. The number of pyridine rings is 1. The van der Waals surface area contributed by atoms with Gasteiger partial charge in [0.2, 0.25) is 0 Å². The highest BCUT2D eigenvalue weighted by atomic mass is 16.1. The third-order valence-corrected chi connectivity index (χ3v) is 2.68. The Hall–Kier alpha value is -1.58. The summed E-state index contributed by atoms with van der Waals surface area (Å²) in [6.45, 7) is 7.10. The molecule has 1 aromatic heterocycles. The summed E-state index contributed by atoms with van der Waals surface area (Å²) in [5, 5.41) is 6.16. The molecule has 0 aliphatic carbocycles. The summed E-state index contributed by atoms with van der Waals surface area (Å²) in [5.41, 5.74) is 0.659. The minimum atomic E-state index is -0.0297. The second-order valence-electron chi connectivity index (χ2n) is 4.52. The first-order valence-electron chi connectivity index (χ1n) is 6.68. The molecule has 0 saturated heterocycles. The van der Waals surface area contributed by atoms with E-state index in [1.807, 2.05) is 6.92 Å². The minimum Gasteiger partial charge on any atom is -0.370 e. The lowest BCUT2D eigenvalue weighted by Crippen LogP contribution is -2.32. The van der Waals surface area contributed by atoms with E-state index in [1.54, 1.807) is 18.3 Å². The average molecular weight is 249 g/mol. The van der Waals surface area contributed by atoms with Crippen molar-refractivity contribution in [2.45, 2.75) is 46.1 Å². The van der Waals surface area contributed by atoms with Crippen molar-refractivity contribution in [2.24, 2.45) is 0 Å². The fraction of sp³-hybridized carbons (Fsp3) is 0.571. The Morgan fingerprint density at radius 2 is 2.17 bits per heavy atom. The highest BCUT2D eigenvalue weighted by Gasteiger charge is 2.09. The molecule has 0 fully saturated rings. The van der Waals surface area contributed by atoms with Crippen LogP contribution < -0.4 is 10.6 Å². The van der Waals surface area contributed by atoms with Gasteiger partial charge in [-0.3, -0.25) is 4.79 Å². The van der Waals surface area contributed by atoms with E-state index < -0.39 is 0 Å². The van der Waals surface area contributed by atoms with Gasteiger partial charge in [-0.2, -0.15) is 0 Å². The molecule has 1 unspecified atom stereocenters. The zero-order chi connectivity index (χ0) is 13.4. The quantitative estimate of drug-likeness (QED) is 0.781. The van der Waals surface area contributed by atoms with Crippen molar-refractivity contribution in [3.63, 3.8) is 0 Å². The topological polar surface area (TPSA) is 54.0 Å². The summed E-state index contributed by atoms with van der Waals surface area (Å²) >= 11 is 0. The number of carbonyl (C=O) groups excluding carboxylic acids is 1. The predicted octanol–water partition coefficient (Wildman–Crippen LogP) is 2.82. The third-order valence-electron chi connectivity index (χ3n) is 2.68. The molecule has 0 radical (unpaired) electrons. The lowest BCUT2D eigenvalue weighted by Gasteiger charge is -2.13. The molecule has 0 bridgehead atoms. The zero-order valence-electron chi connectivity index (χ0n) is 11.5. The van der Waals surface area contributed by atoms with Crippen molar-refractivity contribution in [3.8, 4) is 0 Å². The van der Waals surface area contributed by atoms with Crippen LogP contribution >= 0.6 is 0 Å². The number of nitrogens with zero attached hydrogens (tertiary/aromatic N) is 1. The molecule has 1 atom stereocenters. The number of carbonyl (C=O) groups is 1. The standard InChI is InChI=1S/C14H23N3O/c1-4-6-11(3)17-14(18)12-7-9-16-13(10-12)15-8-5-2/h7,9-11H,4-6,8H2,1-3H3,(H,15,16)(H,17,18). The number of anilines is 1. The van der Waals surface area contributed by atoms with Crippen LogP contribution in [0.1, 0.15) is 50.4 Å². The van der Waals surface area contributed by atoms with Gasteiger partial charge >= 0.3 is 0 Å². The number of amides is 1. The van der Waals surface area contributed by atoms with Gasteiger partial charge in [0.25, 0.3) is 5.91 Å². The van der Waals surface area contributed by atoms with E-state index in [-0.39, 0.29) is 11.9 Å². The molecule has 1 rings (SSSR count). The molecule has 18 heavy (non-hydrogen) atoms. The maximum Gasteiger partial charge on any atom is 0.251 e. The maximum atomic E-state index is 12.0. The molecule has 4 nitrogen and oxygen atoms in total. The van der Waals surface area contributed by atoms with Crippen molar-refractivity contribution < 1.29 is 4.79 Å². The Kier molecular flexibility index (Phi) is 6.19. The van der Waals surface area contributed by atoms with Crippen LogP contribution in [-0.4, -0.2) is 23.5 Å². The van der Waals surface area contributed by atoms with E-state index in [2.05, 4.69) is 29.5 Å². The molecular formula is C14H23N3O. The van der Waals surface area contributed by atoms with Crippen LogP contribution in [0.3, 0.4) is 0 Å². The summed E-state index contributed by atoms with van der Waals surface area (Å²) in [6, 6.07) is 3.75. The molecule has 100 valence electrons. The van der Waals surface area contributed by atoms with E-state index in [1.165, 1.54) is 0 Å². The van der Waals surface area contributed by atoms with Crippen LogP contribution in [0.5, 0.6) is 0 Å². The first-order valence-corrected chi connectivity index (χ1v) is 6.68. The number of hydrogen-bond donors (Lipinski definition) is 2. The molecule has 0 saturated carbocycles. The summed E-state index contributed by atoms with van der Waals surface area (Å²) in [4.78, 5) is 16.2. The van der Waals surface area contributed by atoms with E-state index in [0.717, 1.165) is 31.6 Å². The lowest BCUT2D eigenvalue weighted by atomic mass is 10.1. The van der Waals surface area contributed by atoms with E-state index in [4.69, 9.17) is 0 Å². The Bertz CT molecular complexity index is 379. The Morgan fingerprint density at radius 3 is 2.83 bits per heavy atom. The highest BCUT2D eigenvalue weighted by molar-refractivity contribution is 5.94. The van der Waals surface area contributed by atoms with Crippen LogP contribution in [0, 0.1) is 0 Å². The summed E-state index contributed by atoms with van der Waals surface area (Å²) < 4.78 is 0. The van der Waals surface area contributed by atoms with E-state index in [9.17, 15) is 4.79 Å². The van der Waals surface area contributed by atoms with Gasteiger partial charge in [-0.1, -0.05) is 20.3 Å². The van der Waals surface area contributed by atoms with Crippen molar-refractivity contribution in [3.05, 3.63) is 23.9 Å². The van der Waals surface area contributed by atoms with Crippen LogP contribution in [0.25, 0.3) is 0 Å². The van der Waals surface area contributed by atoms with Crippen LogP contribution in [0.2, 0.25) is 0 Å². The molecule has 0 aromatic carbocycles. The first-order chi connectivity index (χ1) is 8.67. The largest absolute Gasteiger partial charge is 0.370 e. The normalized spacial score (nSPS) is 11.9. The van der Waals surface area contributed by atoms with Gasteiger partial charge in [0, 0.05) is 24.3 Å². The van der Waals surface area contributed by atoms with Gasteiger partial charge < -0.3 is 10.6 Å². The smallest absolute Gasteiger partial charge is 0.251 e. The number of aromatic nitrogens is 1. The summed E-state index contributed by atoms with van der Waals surface area (Å²) in [5.74, 6) is 0.727. The van der Waals surface area contributed by atoms with Crippen molar-refractivity contribution in [1.82, 2.24) is 10.3 Å². The molecule has 2 N–H and O–H groups in total. The van der Waals surface area contributed by atoms with Crippen LogP contribution in [0.4, 0.5) is 5.82 Å². The van der Waals surface area contributed by atoms with Crippen molar-refractivity contribution in [2.75, 3.05) is 11.9 Å². The second kappa shape index (κ2) is 7.69. The van der Waals surface area contributed by atoms with Gasteiger partial charge in [-0.05, 0) is 31.9 Å². The molecule has 4 heteroatoms. The average Bonchev–Trinajstić information content (AvgIpc) is 2.37. The van der Waals surface area contributed by atoms with Gasteiger partial charge in [0.15, 0.2) is 0 Å². The van der Waals surface area contributed by atoms with Crippen LogP contribution in [0.15, 0.2) is 18.3 Å². The second-order valence-corrected chi connectivity index (χ2v) is 4.52. The fourth-order valence-corrected chi connectivity index (χ4v) is 1.73. The monoisotopic (exact) mass is 249 g/mol. The molecule has 0 aliphatic rings. The maximum absolute atomic E-state index is 12.0. The van der Waals surface area contributed by atoms with Gasteiger partial charge in [-0.25, -0.2) is 4.98 Å². The zero-order valence-corrected chi connectivity index (χ0v) is 11.5. The number of nitrogens with one attached hydrogen (secondary N) is 2. The van der Waals surface area contributed by atoms with Crippen LogP contribution in [-0.2, 0) is 0 Å². The van der Waals surface area contributed by atoms with Gasteiger partial charge in [-0.15, -0.1) is 0 Å². The van der Waals surface area contributed by atoms with E-state index >= 15 is 0 Å². The fourth-order valence-electron chi connectivity index (χ4n) is 1.73. The molecule has 1 heterocycles. The van der Waals surface area contributed by atoms with E-state index in [0.29, 0.717) is 5.56 Å². The summed E-state index contributed by atoms with van der Waals surface area (Å²) in [6.07, 6.45) is 4.77. The highest BCUT2D eigenvalue weighted by Crippen LogP contribution is 2.07. The third kappa shape index (κ3) is 4.73. The molecule has 0 aliphatic heterocycles. The molecule has 1 aromatic rings. The van der Waals surface area contributed by atoms with Gasteiger partial charge in [0.1, 0.15) is 5.82 Å².